The summed E-state index contributed by atoms with van der Waals surface area (Å²) in [6, 6.07) is 2.01. The Hall–Kier alpha value is -0.400. The molecule has 2 aromatic heterocycles. The van der Waals surface area contributed by atoms with E-state index in [2.05, 4.69) is 36.5 Å². The number of guanidine groups is 1. The number of halogens is 5. The predicted molar refractivity (Wildman–Crippen MR) is 111 cm³/mol. The third kappa shape index (κ3) is 7.79. The molecule has 0 unspecified atom stereocenters. The highest BCUT2D eigenvalue weighted by Crippen LogP contribution is 2.30. The molecule has 2 N–H and O–H groups in total. The van der Waals surface area contributed by atoms with Gasteiger partial charge in [-0.3, -0.25) is 0 Å². The van der Waals surface area contributed by atoms with Gasteiger partial charge in [0, 0.05) is 39.6 Å². The van der Waals surface area contributed by atoms with E-state index in [1.54, 1.807) is 11.3 Å². The van der Waals surface area contributed by atoms with Crippen LogP contribution in [0.4, 0.5) is 13.2 Å². The fourth-order valence-electron chi connectivity index (χ4n) is 1.78. The van der Waals surface area contributed by atoms with Crippen molar-refractivity contribution in [2.75, 3.05) is 13.1 Å². The number of thiazole rings is 1. The Balaban J connectivity index is 0.00000312. The number of hydrogen-bond acceptors (Lipinski definition) is 4. The number of alkyl halides is 3. The molecule has 0 atom stereocenters. The third-order valence-electron chi connectivity index (χ3n) is 2.83. The largest absolute Gasteiger partial charge is 0.434 e. The Bertz CT molecular complexity index is 688. The quantitative estimate of drug-likeness (QED) is 0.296. The van der Waals surface area contributed by atoms with Gasteiger partial charge in [0.25, 0.3) is 0 Å². The molecule has 0 aliphatic heterocycles. The number of aromatic nitrogens is 1. The maximum absolute atomic E-state index is 12.5. The first-order chi connectivity index (χ1) is 11.4. The minimum Gasteiger partial charge on any atom is -0.357 e. The van der Waals surface area contributed by atoms with E-state index in [-0.39, 0.29) is 24.0 Å². The summed E-state index contributed by atoms with van der Waals surface area (Å²) in [5, 5.41) is 9.71. The Morgan fingerprint density at radius 1 is 1.28 bits per heavy atom. The summed E-state index contributed by atoms with van der Waals surface area (Å²) in [7, 11) is 0. The monoisotopic (exact) mass is 568 g/mol. The van der Waals surface area contributed by atoms with Crippen LogP contribution in [0.1, 0.15) is 22.5 Å². The number of hydrogen-bond donors (Lipinski definition) is 2. The Morgan fingerprint density at radius 2 is 2.04 bits per heavy atom. The molecule has 0 aliphatic rings. The molecule has 0 amide bonds. The van der Waals surface area contributed by atoms with Crippen molar-refractivity contribution >= 4 is 68.5 Å². The summed E-state index contributed by atoms with van der Waals surface area (Å²) in [6.45, 7) is 3.66. The van der Waals surface area contributed by atoms with Gasteiger partial charge in [-0.1, -0.05) is 0 Å². The molecule has 0 fully saturated rings. The molecule has 0 saturated carbocycles. The average molecular weight is 569 g/mol. The van der Waals surface area contributed by atoms with Gasteiger partial charge >= 0.3 is 6.18 Å². The van der Waals surface area contributed by atoms with Gasteiger partial charge in [0.1, 0.15) is 0 Å². The van der Waals surface area contributed by atoms with E-state index in [0.717, 1.165) is 26.1 Å². The molecule has 2 aromatic rings. The van der Waals surface area contributed by atoms with E-state index >= 15 is 0 Å². The van der Waals surface area contributed by atoms with Crippen molar-refractivity contribution < 1.29 is 13.2 Å². The molecule has 11 heteroatoms. The molecule has 4 nitrogen and oxygen atoms in total. The van der Waals surface area contributed by atoms with Crippen molar-refractivity contribution in [1.29, 1.82) is 0 Å². The van der Waals surface area contributed by atoms with Crippen molar-refractivity contribution in [3.05, 3.63) is 36.9 Å². The zero-order chi connectivity index (χ0) is 17.6. The molecular formula is C14H17BrF3IN4S2. The summed E-state index contributed by atoms with van der Waals surface area (Å²) in [5.74, 6) is 0.634. The lowest BCUT2D eigenvalue weighted by molar-refractivity contribution is -0.140. The van der Waals surface area contributed by atoms with Crippen LogP contribution in [0.15, 0.2) is 26.3 Å². The zero-order valence-electron chi connectivity index (χ0n) is 13.2. The molecule has 25 heavy (non-hydrogen) atoms. The topological polar surface area (TPSA) is 49.3 Å². The van der Waals surface area contributed by atoms with Crippen LogP contribution in [-0.4, -0.2) is 24.0 Å². The number of aliphatic imine (C=N–C) groups is 1. The standard InChI is InChI=1S/C14H16BrF3N4S2.HI/c1-2-19-13(21-6-10-5-9(15)7-23-10)20-4-3-12-22-11(8-24-12)14(16,17)18;/h5,7-8H,2-4,6H2,1H3,(H2,19,20,21);1H. The first-order valence-corrected chi connectivity index (χ1v) is 9.70. The molecule has 0 saturated heterocycles. The van der Waals surface area contributed by atoms with Crippen molar-refractivity contribution in [2.24, 2.45) is 4.99 Å². The lowest BCUT2D eigenvalue weighted by atomic mass is 10.4. The van der Waals surface area contributed by atoms with E-state index in [4.69, 9.17) is 0 Å². The van der Waals surface area contributed by atoms with Crippen LogP contribution in [-0.2, 0) is 19.1 Å². The van der Waals surface area contributed by atoms with Crippen LogP contribution in [0.5, 0.6) is 0 Å². The third-order valence-corrected chi connectivity index (χ3v) is 5.42. The van der Waals surface area contributed by atoms with Crippen LogP contribution in [0, 0.1) is 0 Å². The molecule has 0 bridgehead atoms. The number of nitrogens with zero attached hydrogens (tertiary/aromatic N) is 2. The maximum Gasteiger partial charge on any atom is 0.434 e. The molecule has 140 valence electrons. The summed E-state index contributed by atoms with van der Waals surface area (Å²) in [5.41, 5.74) is -0.827. The highest BCUT2D eigenvalue weighted by Gasteiger charge is 2.33. The molecular weight excluding hydrogens is 552 g/mol. The number of thiophene rings is 1. The minimum absolute atomic E-state index is 0. The van der Waals surface area contributed by atoms with Gasteiger partial charge in [0.2, 0.25) is 0 Å². The lowest BCUT2D eigenvalue weighted by Gasteiger charge is -2.10. The first kappa shape index (κ1) is 22.6. The van der Waals surface area contributed by atoms with Crippen LogP contribution in [0.25, 0.3) is 0 Å². The van der Waals surface area contributed by atoms with Gasteiger partial charge in [0.15, 0.2) is 11.7 Å². The van der Waals surface area contributed by atoms with Gasteiger partial charge in [0.05, 0.1) is 11.6 Å². The number of rotatable bonds is 6. The maximum atomic E-state index is 12.5. The molecule has 2 rings (SSSR count). The Kier molecular flexibility index (Phi) is 9.67. The smallest absolute Gasteiger partial charge is 0.357 e. The SMILES string of the molecule is CCNC(=NCc1cc(Br)cs1)NCCc1nc(C(F)(F)F)cs1.I. The van der Waals surface area contributed by atoms with Gasteiger partial charge < -0.3 is 10.6 Å². The van der Waals surface area contributed by atoms with Crippen molar-refractivity contribution in [2.45, 2.75) is 26.1 Å². The summed E-state index contributed by atoms with van der Waals surface area (Å²) >= 11 is 6.03. The van der Waals surface area contributed by atoms with Gasteiger partial charge in [-0.05, 0) is 28.9 Å². The van der Waals surface area contributed by atoms with Gasteiger partial charge in [-0.2, -0.15) is 13.2 Å². The van der Waals surface area contributed by atoms with E-state index in [0.29, 0.717) is 37.0 Å². The second kappa shape index (κ2) is 10.7. The van der Waals surface area contributed by atoms with Crippen molar-refractivity contribution in [3.63, 3.8) is 0 Å². The molecule has 0 radical (unpaired) electrons. The molecule has 2 heterocycles. The van der Waals surface area contributed by atoms with Crippen molar-refractivity contribution in [3.8, 4) is 0 Å². The summed E-state index contributed by atoms with van der Waals surface area (Å²) in [6.07, 6.45) is -3.97. The summed E-state index contributed by atoms with van der Waals surface area (Å²) < 4.78 is 38.6. The van der Waals surface area contributed by atoms with Crippen LogP contribution < -0.4 is 10.6 Å². The Morgan fingerprint density at radius 3 is 2.60 bits per heavy atom. The van der Waals surface area contributed by atoms with E-state index in [9.17, 15) is 13.2 Å². The second-order valence-corrected chi connectivity index (χ2v) is 7.58. The predicted octanol–water partition coefficient (Wildman–Crippen LogP) is 4.90. The van der Waals surface area contributed by atoms with Gasteiger partial charge in [-0.15, -0.1) is 46.7 Å². The fourth-order valence-corrected chi connectivity index (χ4v) is 3.96. The highest BCUT2D eigenvalue weighted by atomic mass is 127. The lowest BCUT2D eigenvalue weighted by Crippen LogP contribution is -2.38. The molecule has 0 spiro atoms. The highest BCUT2D eigenvalue weighted by molar-refractivity contribution is 14.0. The fraction of sp³-hybridized carbons (Fsp3) is 0.429. The average Bonchev–Trinajstić information content (AvgIpc) is 3.13. The van der Waals surface area contributed by atoms with Crippen LogP contribution >= 0.6 is 62.6 Å². The normalized spacial score (nSPS) is 12.0. The van der Waals surface area contributed by atoms with E-state index < -0.39 is 11.9 Å². The second-order valence-electron chi connectivity index (χ2n) is 4.73. The molecule has 0 aromatic carbocycles. The van der Waals surface area contributed by atoms with E-state index in [1.807, 2.05) is 18.4 Å². The number of nitrogens with one attached hydrogen (secondary N) is 2. The van der Waals surface area contributed by atoms with Crippen LogP contribution in [0.2, 0.25) is 0 Å². The van der Waals surface area contributed by atoms with Crippen LogP contribution in [0.3, 0.4) is 0 Å². The minimum atomic E-state index is -4.38. The summed E-state index contributed by atoms with van der Waals surface area (Å²) in [4.78, 5) is 9.19. The molecule has 0 aliphatic carbocycles. The van der Waals surface area contributed by atoms with E-state index in [1.165, 1.54) is 0 Å². The zero-order valence-corrected chi connectivity index (χ0v) is 18.7. The Labute approximate surface area is 177 Å². The first-order valence-electron chi connectivity index (χ1n) is 7.15. The van der Waals surface area contributed by atoms with Gasteiger partial charge in [-0.25, -0.2) is 9.98 Å². The van der Waals surface area contributed by atoms with Crippen molar-refractivity contribution in [1.82, 2.24) is 15.6 Å².